The molecule has 3 aromatic carbocycles. The highest BCUT2D eigenvalue weighted by Crippen LogP contribution is 2.55. The van der Waals surface area contributed by atoms with E-state index in [0.717, 1.165) is 52.3 Å². The third-order valence-corrected chi connectivity index (χ3v) is 6.17. The van der Waals surface area contributed by atoms with Gasteiger partial charge in [0, 0.05) is 5.56 Å². The monoisotopic (exact) mass is 411 g/mol. The maximum Gasteiger partial charge on any atom is 0.153 e. The smallest absolute Gasteiger partial charge is 0.153 e. The second kappa shape index (κ2) is 8.05. The molecule has 156 valence electrons. The molecule has 0 aliphatic heterocycles. The summed E-state index contributed by atoms with van der Waals surface area (Å²) in [6.45, 7) is 2.36. The summed E-state index contributed by atoms with van der Waals surface area (Å²) in [6.07, 6.45) is 1.33. The molecule has 4 aromatic rings. The van der Waals surface area contributed by atoms with E-state index < -0.39 is 6.10 Å². The van der Waals surface area contributed by atoms with Crippen LogP contribution >= 0.6 is 0 Å². The summed E-state index contributed by atoms with van der Waals surface area (Å²) in [5.74, 6) is 1.59. The Bertz CT molecular complexity index is 1140. The molecule has 0 radical (unpaired) electrons. The minimum atomic E-state index is -0.482. The maximum atomic E-state index is 10.4. The number of aromatic nitrogens is 1. The number of nitrogens with zero attached hydrogens (tertiary/aromatic N) is 1. The van der Waals surface area contributed by atoms with Gasteiger partial charge < -0.3 is 14.4 Å². The number of aliphatic hydroxyl groups excluding tert-OH is 1. The van der Waals surface area contributed by atoms with E-state index in [-0.39, 0.29) is 5.41 Å². The number of rotatable bonds is 7. The zero-order valence-electron chi connectivity index (χ0n) is 17.5. The van der Waals surface area contributed by atoms with Crippen molar-refractivity contribution in [1.82, 2.24) is 5.16 Å². The molecule has 0 saturated heterocycles. The molecule has 4 nitrogen and oxygen atoms in total. The lowest BCUT2D eigenvalue weighted by Gasteiger charge is -2.17. The Hall–Kier alpha value is -3.37. The van der Waals surface area contributed by atoms with Gasteiger partial charge in [-0.05, 0) is 55.2 Å². The summed E-state index contributed by atoms with van der Waals surface area (Å²) in [6, 6.07) is 28.2. The van der Waals surface area contributed by atoms with E-state index in [1.807, 2.05) is 79.7 Å². The van der Waals surface area contributed by atoms with Gasteiger partial charge in [-0.15, -0.1) is 0 Å². The predicted octanol–water partition coefficient (Wildman–Crippen LogP) is 6.00. The van der Waals surface area contributed by atoms with E-state index in [4.69, 9.17) is 9.26 Å². The fraction of sp³-hybridized carbons (Fsp3) is 0.222. The van der Waals surface area contributed by atoms with Gasteiger partial charge in [0.05, 0.1) is 17.1 Å². The van der Waals surface area contributed by atoms with Crippen LogP contribution in [0.1, 0.15) is 31.1 Å². The highest BCUT2D eigenvalue weighted by molar-refractivity contribution is 5.83. The summed E-state index contributed by atoms with van der Waals surface area (Å²) in [4.78, 5) is 0. The zero-order valence-corrected chi connectivity index (χ0v) is 17.5. The van der Waals surface area contributed by atoms with Gasteiger partial charge in [0.25, 0.3) is 0 Å². The molecule has 31 heavy (non-hydrogen) atoms. The Morgan fingerprint density at radius 2 is 1.55 bits per heavy atom. The summed E-state index contributed by atoms with van der Waals surface area (Å²) < 4.78 is 11.8. The van der Waals surface area contributed by atoms with Crippen LogP contribution < -0.4 is 4.74 Å². The average molecular weight is 412 g/mol. The summed E-state index contributed by atoms with van der Waals surface area (Å²) in [5, 5.41) is 14.9. The fourth-order valence-corrected chi connectivity index (χ4v) is 4.12. The molecule has 1 heterocycles. The number of hydrogen-bond acceptors (Lipinski definition) is 4. The quantitative estimate of drug-likeness (QED) is 0.405. The van der Waals surface area contributed by atoms with Gasteiger partial charge >= 0.3 is 0 Å². The SMILES string of the molecule is CC(O)C1(c2onc(-c3ccc(OCc4ccccc4)cc3)c2-c2ccccc2)CC1. The first-order chi connectivity index (χ1) is 15.2. The van der Waals surface area contributed by atoms with Gasteiger partial charge in [0.15, 0.2) is 5.76 Å². The molecule has 0 amide bonds. The number of aliphatic hydroxyl groups is 1. The lowest BCUT2D eigenvalue weighted by molar-refractivity contribution is 0.134. The van der Waals surface area contributed by atoms with Gasteiger partial charge in [-0.1, -0.05) is 65.8 Å². The lowest BCUT2D eigenvalue weighted by Crippen LogP contribution is -2.22. The van der Waals surface area contributed by atoms with Crippen LogP contribution in [-0.4, -0.2) is 16.4 Å². The molecule has 1 aromatic heterocycles. The predicted molar refractivity (Wildman–Crippen MR) is 121 cm³/mol. The molecular weight excluding hydrogens is 386 g/mol. The maximum absolute atomic E-state index is 10.4. The highest BCUT2D eigenvalue weighted by atomic mass is 16.5. The van der Waals surface area contributed by atoms with Crippen LogP contribution in [-0.2, 0) is 12.0 Å². The van der Waals surface area contributed by atoms with Crippen molar-refractivity contribution in [2.24, 2.45) is 0 Å². The first kappa shape index (κ1) is 19.6. The Labute approximate surface area is 182 Å². The van der Waals surface area contributed by atoms with Gasteiger partial charge in [-0.2, -0.15) is 0 Å². The Balaban J connectivity index is 1.47. The van der Waals surface area contributed by atoms with E-state index in [1.165, 1.54) is 0 Å². The van der Waals surface area contributed by atoms with Crippen LogP contribution in [0, 0.1) is 0 Å². The van der Waals surface area contributed by atoms with E-state index >= 15 is 0 Å². The van der Waals surface area contributed by atoms with Crippen molar-refractivity contribution in [3.8, 4) is 28.1 Å². The third-order valence-electron chi connectivity index (χ3n) is 6.17. The average Bonchev–Trinajstić information content (AvgIpc) is 3.52. The molecule has 1 aliphatic carbocycles. The van der Waals surface area contributed by atoms with Crippen LogP contribution in [0.3, 0.4) is 0 Å². The number of ether oxygens (including phenoxy) is 1. The lowest BCUT2D eigenvalue weighted by atomic mass is 9.89. The van der Waals surface area contributed by atoms with Crippen LogP contribution in [0.5, 0.6) is 5.75 Å². The molecule has 1 atom stereocenters. The summed E-state index contributed by atoms with van der Waals surface area (Å²) >= 11 is 0. The van der Waals surface area contributed by atoms with E-state index in [9.17, 15) is 5.11 Å². The second-order valence-corrected chi connectivity index (χ2v) is 8.23. The van der Waals surface area contributed by atoms with Gasteiger partial charge in [-0.25, -0.2) is 0 Å². The molecule has 0 spiro atoms. The highest BCUT2D eigenvalue weighted by Gasteiger charge is 2.53. The summed E-state index contributed by atoms with van der Waals surface area (Å²) in [5.41, 5.74) is 4.56. The Morgan fingerprint density at radius 1 is 0.903 bits per heavy atom. The van der Waals surface area contributed by atoms with Crippen molar-refractivity contribution in [3.05, 3.63) is 96.3 Å². The molecule has 1 saturated carbocycles. The van der Waals surface area contributed by atoms with Crippen molar-refractivity contribution in [3.63, 3.8) is 0 Å². The van der Waals surface area contributed by atoms with Gasteiger partial charge in [-0.3, -0.25) is 0 Å². The number of benzene rings is 3. The van der Waals surface area contributed by atoms with Crippen molar-refractivity contribution in [1.29, 1.82) is 0 Å². The Kier molecular flexibility index (Phi) is 5.08. The van der Waals surface area contributed by atoms with Crippen LogP contribution in [0.25, 0.3) is 22.4 Å². The molecule has 1 N–H and O–H groups in total. The molecule has 0 bridgehead atoms. The van der Waals surface area contributed by atoms with Gasteiger partial charge in [0.2, 0.25) is 0 Å². The molecular formula is C27H25NO3. The van der Waals surface area contributed by atoms with Crippen molar-refractivity contribution in [2.45, 2.75) is 37.9 Å². The standard InChI is InChI=1S/C27H25NO3/c1-19(29)27(16-17-27)26-24(21-10-6-3-7-11-21)25(28-31-26)22-12-14-23(15-13-22)30-18-20-8-4-2-5-9-20/h2-15,19,29H,16-18H2,1H3. The molecule has 1 unspecified atom stereocenters. The van der Waals surface area contributed by atoms with Crippen LogP contribution in [0.2, 0.25) is 0 Å². The van der Waals surface area contributed by atoms with Crippen molar-refractivity contribution in [2.75, 3.05) is 0 Å². The van der Waals surface area contributed by atoms with Gasteiger partial charge in [0.1, 0.15) is 18.1 Å². The molecule has 5 rings (SSSR count). The van der Waals surface area contributed by atoms with Crippen LogP contribution in [0.4, 0.5) is 0 Å². The second-order valence-electron chi connectivity index (χ2n) is 8.23. The van der Waals surface area contributed by atoms with E-state index in [2.05, 4.69) is 17.3 Å². The normalized spacial score (nSPS) is 15.4. The topological polar surface area (TPSA) is 55.5 Å². The van der Waals surface area contributed by atoms with Crippen LogP contribution in [0.15, 0.2) is 89.5 Å². The molecule has 4 heteroatoms. The fourth-order valence-electron chi connectivity index (χ4n) is 4.12. The minimum Gasteiger partial charge on any atom is -0.489 e. The first-order valence-electron chi connectivity index (χ1n) is 10.7. The van der Waals surface area contributed by atoms with Crippen molar-refractivity contribution < 1.29 is 14.4 Å². The van der Waals surface area contributed by atoms with E-state index in [0.29, 0.717) is 6.61 Å². The van der Waals surface area contributed by atoms with E-state index in [1.54, 1.807) is 0 Å². The summed E-state index contributed by atoms with van der Waals surface area (Å²) in [7, 11) is 0. The third kappa shape index (κ3) is 3.75. The minimum absolute atomic E-state index is 0.338. The van der Waals surface area contributed by atoms with Crippen molar-refractivity contribution >= 4 is 0 Å². The zero-order chi connectivity index (χ0) is 21.3. The Morgan fingerprint density at radius 3 is 2.16 bits per heavy atom. The largest absolute Gasteiger partial charge is 0.489 e. The molecule has 1 aliphatic rings. The molecule has 1 fully saturated rings. The number of hydrogen-bond donors (Lipinski definition) is 1. The first-order valence-corrected chi connectivity index (χ1v) is 10.7.